The van der Waals surface area contributed by atoms with Gasteiger partial charge in [-0.2, -0.15) is 16.8 Å². The van der Waals surface area contributed by atoms with Crippen molar-refractivity contribution >= 4 is 48.3 Å². The Morgan fingerprint density at radius 1 is 0.868 bits per heavy atom. The van der Waals surface area contributed by atoms with Crippen molar-refractivity contribution in [1.29, 1.82) is 0 Å². The summed E-state index contributed by atoms with van der Waals surface area (Å²) in [5, 5.41) is 3.21. The van der Waals surface area contributed by atoms with Crippen LogP contribution in [0, 0.1) is 0 Å². The minimum atomic E-state index is -4.97. The van der Waals surface area contributed by atoms with Gasteiger partial charge in [-0.05, 0) is 42.8 Å². The van der Waals surface area contributed by atoms with Crippen molar-refractivity contribution in [2.75, 3.05) is 11.9 Å². The van der Waals surface area contributed by atoms with E-state index in [1.165, 1.54) is 17.7 Å². The van der Waals surface area contributed by atoms with Gasteiger partial charge in [-0.25, -0.2) is 0 Å². The molecule has 0 radical (unpaired) electrons. The van der Waals surface area contributed by atoms with Crippen LogP contribution in [0.1, 0.15) is 22.8 Å². The van der Waals surface area contributed by atoms with E-state index in [0.717, 1.165) is 12.1 Å². The lowest BCUT2D eigenvalue weighted by molar-refractivity contribution is 0.104. The van der Waals surface area contributed by atoms with Gasteiger partial charge in [0, 0.05) is 23.6 Å². The molecule has 0 fully saturated rings. The van der Waals surface area contributed by atoms with Gasteiger partial charge in [-0.15, -0.1) is 0 Å². The van der Waals surface area contributed by atoms with Gasteiger partial charge in [0.2, 0.25) is 0 Å². The monoisotopic (exact) mass is 556 g/mol. The highest BCUT2D eigenvalue weighted by Gasteiger charge is 2.33. The highest BCUT2D eigenvalue weighted by Crippen LogP contribution is 2.46. The van der Waals surface area contributed by atoms with Crippen LogP contribution in [0.25, 0.3) is 22.0 Å². The Hall–Kier alpha value is -4.04. The summed E-state index contributed by atoms with van der Waals surface area (Å²) in [6.45, 7) is 1.91. The van der Waals surface area contributed by atoms with Crippen LogP contribution in [0.5, 0.6) is 5.75 Å². The predicted octanol–water partition coefficient (Wildman–Crippen LogP) is 3.39. The van der Waals surface area contributed by atoms with Crippen LogP contribution in [0.3, 0.4) is 0 Å². The first-order valence-electron chi connectivity index (χ1n) is 11.2. The molecule has 11 nitrogen and oxygen atoms in total. The zero-order valence-electron chi connectivity index (χ0n) is 19.9. The van der Waals surface area contributed by atoms with E-state index in [9.17, 15) is 35.5 Å². The number of rotatable bonds is 6. The molecule has 0 saturated carbocycles. The molecule has 4 aromatic rings. The molecular weight excluding hydrogens is 536 g/mol. The zero-order valence-corrected chi connectivity index (χ0v) is 21.6. The third-order valence-corrected chi connectivity index (χ3v) is 8.02. The van der Waals surface area contributed by atoms with Gasteiger partial charge in [0.25, 0.3) is 25.8 Å². The first-order chi connectivity index (χ1) is 17.8. The Kier molecular flexibility index (Phi) is 5.91. The number of anilines is 2. The second kappa shape index (κ2) is 8.77. The summed E-state index contributed by atoms with van der Waals surface area (Å²) in [6.07, 6.45) is 0. The number of nitrogens with one attached hydrogen (secondary N) is 1. The fourth-order valence-corrected chi connectivity index (χ4v) is 5.89. The lowest BCUT2D eigenvalue weighted by Crippen LogP contribution is -2.24. The molecule has 196 valence electrons. The average Bonchev–Trinajstić information content (AvgIpc) is 2.85. The van der Waals surface area contributed by atoms with Crippen LogP contribution >= 0.6 is 0 Å². The molecule has 0 unspecified atom stereocenters. The predicted molar refractivity (Wildman–Crippen MR) is 139 cm³/mol. The van der Waals surface area contributed by atoms with E-state index in [-0.39, 0.29) is 29.3 Å². The molecule has 1 heterocycles. The SMILES string of the molecule is CCOc1c2c3c(c(Nc4ccc(S(=O)(=O)O)cc4S(=O)(=O)O)ccc3n(C)c1=O)C(=O)c1ccccc1-2. The molecule has 13 heteroatoms. The molecule has 1 aliphatic rings. The molecule has 0 atom stereocenters. The third-order valence-electron chi connectivity index (χ3n) is 6.28. The van der Waals surface area contributed by atoms with E-state index in [0.29, 0.717) is 33.7 Å². The first kappa shape index (κ1) is 25.6. The Balaban J connectivity index is 1.85. The Bertz CT molecular complexity index is 1960. The number of carbonyl (C=O) groups excluding carboxylic acids is 1. The van der Waals surface area contributed by atoms with Gasteiger partial charge in [-0.3, -0.25) is 18.7 Å². The lowest BCUT2D eigenvalue weighted by Gasteiger charge is -2.25. The van der Waals surface area contributed by atoms with Gasteiger partial charge in [-0.1, -0.05) is 24.3 Å². The summed E-state index contributed by atoms with van der Waals surface area (Å²) in [7, 11) is -8.21. The van der Waals surface area contributed by atoms with E-state index in [1.807, 2.05) is 0 Å². The van der Waals surface area contributed by atoms with E-state index in [1.54, 1.807) is 37.3 Å². The lowest BCUT2D eigenvalue weighted by atomic mass is 9.82. The van der Waals surface area contributed by atoms with Crippen molar-refractivity contribution in [3.63, 3.8) is 0 Å². The molecule has 0 spiro atoms. The highest BCUT2D eigenvalue weighted by atomic mass is 32.2. The smallest absolute Gasteiger partial charge is 0.296 e. The van der Waals surface area contributed by atoms with Crippen molar-refractivity contribution in [3.8, 4) is 16.9 Å². The molecule has 0 amide bonds. The van der Waals surface area contributed by atoms with Gasteiger partial charge in [0.05, 0.1) is 34.0 Å². The second-order valence-corrected chi connectivity index (χ2v) is 11.3. The minimum Gasteiger partial charge on any atom is -0.488 e. The maximum absolute atomic E-state index is 13.8. The average molecular weight is 557 g/mol. The Labute approximate surface area is 216 Å². The van der Waals surface area contributed by atoms with Gasteiger partial charge in [0.1, 0.15) is 4.90 Å². The molecule has 3 aromatic carbocycles. The standard InChI is InChI=1S/C25H20N2O9S2/c1-3-36-24-20-14-6-4-5-7-15(14)23(28)21-17(10-11-18(22(20)21)27(2)25(24)29)26-16-9-8-13(37(30,31)32)12-19(16)38(33,34)35/h4-12,26H,3H2,1-2H3,(H,30,31,32)(H,33,34,35). The van der Waals surface area contributed by atoms with Crippen molar-refractivity contribution in [2.45, 2.75) is 16.7 Å². The number of hydrogen-bond donors (Lipinski definition) is 3. The summed E-state index contributed by atoms with van der Waals surface area (Å²) in [5.41, 5.74) is 1.23. The normalized spacial score (nSPS) is 12.9. The summed E-state index contributed by atoms with van der Waals surface area (Å²) in [4.78, 5) is 25.4. The van der Waals surface area contributed by atoms with Crippen molar-refractivity contribution in [2.24, 2.45) is 7.05 Å². The third kappa shape index (κ3) is 3.96. The number of ether oxygens (including phenoxy) is 1. The molecule has 3 N–H and O–H groups in total. The largest absolute Gasteiger partial charge is 0.488 e. The van der Waals surface area contributed by atoms with E-state index >= 15 is 0 Å². The number of nitrogens with zero attached hydrogens (tertiary/aromatic N) is 1. The number of pyridine rings is 1. The maximum atomic E-state index is 13.8. The Morgan fingerprint density at radius 2 is 1.53 bits per heavy atom. The molecular formula is C25H20N2O9S2. The fraction of sp³-hybridized carbons (Fsp3) is 0.120. The van der Waals surface area contributed by atoms with Crippen LogP contribution in [-0.4, -0.2) is 42.9 Å². The molecule has 0 aliphatic heterocycles. The number of ketones is 1. The number of fused-ring (bicyclic) bond motifs is 2. The number of carbonyl (C=O) groups is 1. The van der Waals surface area contributed by atoms with Crippen molar-refractivity contribution in [1.82, 2.24) is 4.57 Å². The molecule has 5 rings (SSSR count). The van der Waals surface area contributed by atoms with E-state index in [2.05, 4.69) is 5.32 Å². The number of aromatic nitrogens is 1. The van der Waals surface area contributed by atoms with Crippen molar-refractivity contribution < 1.29 is 35.5 Å². The highest BCUT2D eigenvalue weighted by molar-refractivity contribution is 7.86. The quantitative estimate of drug-likeness (QED) is 0.264. The second-order valence-electron chi connectivity index (χ2n) is 8.49. The summed E-state index contributed by atoms with van der Waals surface area (Å²) in [5.74, 6) is -0.359. The van der Waals surface area contributed by atoms with Crippen LogP contribution in [-0.2, 0) is 27.3 Å². The maximum Gasteiger partial charge on any atom is 0.296 e. The van der Waals surface area contributed by atoms with Crippen LogP contribution in [0.15, 0.2) is 69.2 Å². The number of hydrogen-bond acceptors (Lipinski definition) is 8. The van der Waals surface area contributed by atoms with E-state index in [4.69, 9.17) is 4.74 Å². The molecule has 1 aromatic heterocycles. The zero-order chi connectivity index (χ0) is 27.6. The van der Waals surface area contributed by atoms with Gasteiger partial charge >= 0.3 is 0 Å². The van der Waals surface area contributed by atoms with Gasteiger partial charge < -0.3 is 14.6 Å². The van der Waals surface area contributed by atoms with Crippen molar-refractivity contribution in [3.05, 3.63) is 76.1 Å². The minimum absolute atomic E-state index is 0.0528. The number of benzene rings is 3. The first-order valence-corrected chi connectivity index (χ1v) is 14.0. The topological polar surface area (TPSA) is 169 Å². The molecule has 38 heavy (non-hydrogen) atoms. The molecule has 0 saturated heterocycles. The summed E-state index contributed by atoms with van der Waals surface area (Å²) < 4.78 is 73.5. The van der Waals surface area contributed by atoms with Crippen LogP contribution in [0.2, 0.25) is 0 Å². The van der Waals surface area contributed by atoms with Crippen LogP contribution < -0.4 is 15.6 Å². The summed E-state index contributed by atoms with van der Waals surface area (Å²) in [6, 6.07) is 12.3. The number of aryl methyl sites for hydroxylation is 1. The molecule has 0 bridgehead atoms. The Morgan fingerprint density at radius 3 is 2.16 bits per heavy atom. The van der Waals surface area contributed by atoms with Gasteiger partial charge in [0.15, 0.2) is 11.5 Å². The molecule has 1 aliphatic carbocycles. The van der Waals surface area contributed by atoms with Crippen LogP contribution in [0.4, 0.5) is 11.4 Å². The summed E-state index contributed by atoms with van der Waals surface area (Å²) >= 11 is 0. The van der Waals surface area contributed by atoms with E-state index < -0.39 is 41.4 Å². The fourth-order valence-electron chi connectivity index (χ4n) is 4.64.